The molecule has 0 aliphatic rings. The smallest absolute Gasteiger partial charge is 0.115 e. The zero-order valence-electron chi connectivity index (χ0n) is 6.50. The van der Waals surface area contributed by atoms with Crippen molar-refractivity contribution in [3.8, 4) is 5.75 Å². The van der Waals surface area contributed by atoms with E-state index in [2.05, 4.69) is 0 Å². The number of phenols is 1. The van der Waals surface area contributed by atoms with Crippen molar-refractivity contribution in [1.82, 2.24) is 0 Å². The van der Waals surface area contributed by atoms with Crippen LogP contribution in [-0.4, -0.2) is 15.6 Å². The highest BCUT2D eigenvalue weighted by atomic mass is 32.2. The summed E-state index contributed by atoms with van der Waals surface area (Å²) in [6, 6.07) is 4.83. The first-order chi connectivity index (χ1) is 5.11. The Kier molecular flexibility index (Phi) is 2.29. The van der Waals surface area contributed by atoms with Crippen LogP contribution in [0.5, 0.6) is 5.75 Å². The summed E-state index contributed by atoms with van der Waals surface area (Å²) in [7, 11) is -0.960. The van der Waals surface area contributed by atoms with Gasteiger partial charge in [-0.15, -0.1) is 0 Å². The minimum atomic E-state index is -0.960. The predicted octanol–water partition coefficient (Wildman–Crippen LogP) is 1.44. The fourth-order valence-electron chi connectivity index (χ4n) is 0.956. The molecule has 0 saturated carbocycles. The van der Waals surface area contributed by atoms with Crippen molar-refractivity contribution < 1.29 is 9.32 Å². The first-order valence-corrected chi connectivity index (χ1v) is 4.80. The molecule has 0 fully saturated rings. The molecule has 60 valence electrons. The number of aromatic hydroxyl groups is 1. The summed E-state index contributed by atoms with van der Waals surface area (Å²) in [6.07, 6.45) is 1.62. The molecule has 1 rings (SSSR count). The molecule has 0 aliphatic carbocycles. The summed E-state index contributed by atoms with van der Waals surface area (Å²) < 4.78 is 11.0. The molecule has 0 aliphatic heterocycles. The number of hydrogen-bond acceptors (Lipinski definition) is 2. The summed E-state index contributed by atoms with van der Waals surface area (Å²) in [5.74, 6) is 0.219. The average Bonchev–Trinajstić information content (AvgIpc) is 1.85. The number of hydrogen-bond donors (Lipinski definition) is 1. The van der Waals surface area contributed by atoms with Crippen LogP contribution in [0, 0.1) is 6.92 Å². The third-order valence-electron chi connectivity index (χ3n) is 1.47. The first kappa shape index (κ1) is 8.27. The van der Waals surface area contributed by atoms with E-state index < -0.39 is 10.8 Å². The molecule has 0 unspecified atom stereocenters. The van der Waals surface area contributed by atoms with E-state index >= 15 is 0 Å². The van der Waals surface area contributed by atoms with E-state index in [4.69, 9.17) is 5.11 Å². The molecule has 0 saturated heterocycles. The molecule has 3 heteroatoms. The molecule has 11 heavy (non-hydrogen) atoms. The fraction of sp³-hybridized carbons (Fsp3) is 0.250. The van der Waals surface area contributed by atoms with E-state index in [1.807, 2.05) is 6.92 Å². The van der Waals surface area contributed by atoms with Crippen LogP contribution >= 0.6 is 0 Å². The van der Waals surface area contributed by atoms with Crippen LogP contribution in [0.3, 0.4) is 0 Å². The van der Waals surface area contributed by atoms with Gasteiger partial charge in [0.1, 0.15) is 5.75 Å². The normalized spacial score (nSPS) is 12.9. The molecule has 0 heterocycles. The molecule has 1 aromatic carbocycles. The van der Waals surface area contributed by atoms with Gasteiger partial charge >= 0.3 is 0 Å². The van der Waals surface area contributed by atoms with Gasteiger partial charge in [0.05, 0.1) is 10.8 Å². The van der Waals surface area contributed by atoms with Crippen molar-refractivity contribution in [1.29, 1.82) is 0 Å². The Balaban J connectivity index is 3.20. The Morgan fingerprint density at radius 2 is 2.09 bits per heavy atom. The number of aryl methyl sites for hydroxylation is 1. The molecule has 0 bridgehead atoms. The van der Waals surface area contributed by atoms with E-state index in [1.165, 1.54) is 0 Å². The highest BCUT2D eigenvalue weighted by Crippen LogP contribution is 2.17. The van der Waals surface area contributed by atoms with Crippen molar-refractivity contribution >= 4 is 10.8 Å². The lowest BCUT2D eigenvalue weighted by molar-refractivity contribution is 0.474. The standard InChI is InChI=1S/C8H10O2S/c1-6-5-7(9)3-4-8(6)11(2)10/h3-5,9H,1-2H3/t11-/m1/s1. The molecule has 1 atom stereocenters. The van der Waals surface area contributed by atoms with Crippen LogP contribution in [0.25, 0.3) is 0 Å². The van der Waals surface area contributed by atoms with Crippen LogP contribution < -0.4 is 0 Å². The minimum Gasteiger partial charge on any atom is -0.508 e. The molecule has 2 nitrogen and oxygen atoms in total. The van der Waals surface area contributed by atoms with Crippen LogP contribution in [0.2, 0.25) is 0 Å². The van der Waals surface area contributed by atoms with E-state index in [1.54, 1.807) is 24.5 Å². The summed E-state index contributed by atoms with van der Waals surface area (Å²) in [5, 5.41) is 9.02. The second-order valence-corrected chi connectivity index (χ2v) is 3.75. The lowest BCUT2D eigenvalue weighted by atomic mass is 10.2. The highest BCUT2D eigenvalue weighted by Gasteiger charge is 2.01. The number of phenolic OH excluding ortho intramolecular Hbond substituents is 1. The van der Waals surface area contributed by atoms with Gasteiger partial charge in [-0.2, -0.15) is 0 Å². The van der Waals surface area contributed by atoms with E-state index in [0.29, 0.717) is 0 Å². The highest BCUT2D eigenvalue weighted by molar-refractivity contribution is 7.84. The second kappa shape index (κ2) is 3.05. The quantitative estimate of drug-likeness (QED) is 0.692. The maximum atomic E-state index is 11.0. The van der Waals surface area contributed by atoms with Gasteiger partial charge in [0.15, 0.2) is 0 Å². The van der Waals surface area contributed by atoms with Gasteiger partial charge in [-0.05, 0) is 30.7 Å². The Bertz CT molecular complexity index is 294. The molecule has 0 radical (unpaired) electrons. The Labute approximate surface area is 68.3 Å². The summed E-state index contributed by atoms with van der Waals surface area (Å²) >= 11 is 0. The van der Waals surface area contributed by atoms with Crippen molar-refractivity contribution in [2.24, 2.45) is 0 Å². The largest absolute Gasteiger partial charge is 0.508 e. The Morgan fingerprint density at radius 3 is 2.55 bits per heavy atom. The van der Waals surface area contributed by atoms with Crippen LogP contribution in [0.1, 0.15) is 5.56 Å². The topological polar surface area (TPSA) is 37.3 Å². The molecule has 0 spiro atoms. The van der Waals surface area contributed by atoms with Gasteiger partial charge in [0, 0.05) is 11.2 Å². The number of rotatable bonds is 1. The van der Waals surface area contributed by atoms with Crippen molar-refractivity contribution in [3.05, 3.63) is 23.8 Å². The van der Waals surface area contributed by atoms with Gasteiger partial charge in [0.2, 0.25) is 0 Å². The van der Waals surface area contributed by atoms with Gasteiger partial charge in [-0.1, -0.05) is 0 Å². The molecule has 1 N–H and O–H groups in total. The van der Waals surface area contributed by atoms with Crippen LogP contribution in [-0.2, 0) is 10.8 Å². The van der Waals surface area contributed by atoms with Crippen molar-refractivity contribution in [3.63, 3.8) is 0 Å². The third-order valence-corrected chi connectivity index (χ3v) is 2.55. The molecule has 0 amide bonds. The Hall–Kier alpha value is -0.830. The van der Waals surface area contributed by atoms with Crippen molar-refractivity contribution in [2.75, 3.05) is 6.26 Å². The predicted molar refractivity (Wildman–Crippen MR) is 45.2 cm³/mol. The van der Waals surface area contributed by atoms with Crippen molar-refractivity contribution in [2.45, 2.75) is 11.8 Å². The maximum absolute atomic E-state index is 11.0. The van der Waals surface area contributed by atoms with Gasteiger partial charge in [-0.3, -0.25) is 4.21 Å². The fourth-order valence-corrected chi connectivity index (χ4v) is 1.73. The molecule has 0 aromatic heterocycles. The maximum Gasteiger partial charge on any atom is 0.115 e. The van der Waals surface area contributed by atoms with Gasteiger partial charge < -0.3 is 5.11 Å². The third kappa shape index (κ3) is 1.80. The van der Waals surface area contributed by atoms with E-state index in [9.17, 15) is 4.21 Å². The second-order valence-electron chi connectivity index (χ2n) is 2.40. The molecule has 1 aromatic rings. The summed E-state index contributed by atoms with van der Waals surface area (Å²) in [4.78, 5) is 0.780. The van der Waals surface area contributed by atoms with Crippen LogP contribution in [0.4, 0.5) is 0 Å². The molecular weight excluding hydrogens is 160 g/mol. The van der Waals surface area contributed by atoms with E-state index in [-0.39, 0.29) is 5.75 Å². The Morgan fingerprint density at radius 1 is 1.45 bits per heavy atom. The minimum absolute atomic E-state index is 0.219. The summed E-state index contributed by atoms with van der Waals surface area (Å²) in [6.45, 7) is 1.83. The monoisotopic (exact) mass is 170 g/mol. The van der Waals surface area contributed by atoms with Gasteiger partial charge in [0.25, 0.3) is 0 Å². The lowest BCUT2D eigenvalue weighted by Crippen LogP contribution is -1.90. The SMILES string of the molecule is Cc1cc(O)ccc1[S@@](C)=O. The van der Waals surface area contributed by atoms with E-state index in [0.717, 1.165) is 10.5 Å². The molecular formula is C8H10O2S. The number of benzene rings is 1. The average molecular weight is 170 g/mol. The zero-order chi connectivity index (χ0) is 8.43. The first-order valence-electron chi connectivity index (χ1n) is 3.24. The van der Waals surface area contributed by atoms with Crippen LogP contribution in [0.15, 0.2) is 23.1 Å². The summed E-state index contributed by atoms with van der Waals surface area (Å²) in [5.41, 5.74) is 0.867. The zero-order valence-corrected chi connectivity index (χ0v) is 7.31. The lowest BCUT2D eigenvalue weighted by Gasteiger charge is -2.01. The van der Waals surface area contributed by atoms with Gasteiger partial charge in [-0.25, -0.2) is 0 Å².